The Hall–Kier alpha value is -0.590. The van der Waals surface area contributed by atoms with Gasteiger partial charge in [0.2, 0.25) is 0 Å². The highest BCUT2D eigenvalue weighted by atomic mass is 16.1. The van der Waals surface area contributed by atoms with E-state index < -0.39 is 0 Å². The molecule has 0 radical (unpaired) electrons. The molecular formula is C10H14O. The molecular weight excluding hydrogens is 136 g/mol. The van der Waals surface area contributed by atoms with Crippen LogP contribution in [0.5, 0.6) is 0 Å². The highest BCUT2D eigenvalue weighted by Gasteiger charge is 2.19. The molecule has 0 aromatic rings. The summed E-state index contributed by atoms with van der Waals surface area (Å²) in [5.74, 6) is 0.469. The van der Waals surface area contributed by atoms with Crippen LogP contribution in [0.15, 0.2) is 11.1 Å². The summed E-state index contributed by atoms with van der Waals surface area (Å²) in [6.07, 6.45) is 7.72. The number of allylic oxidation sites excluding steroid dienone is 2. The van der Waals surface area contributed by atoms with Gasteiger partial charge in [0.1, 0.15) is 5.78 Å². The van der Waals surface area contributed by atoms with Gasteiger partial charge in [-0.05, 0) is 32.1 Å². The van der Waals surface area contributed by atoms with Crippen molar-refractivity contribution in [2.24, 2.45) is 0 Å². The summed E-state index contributed by atoms with van der Waals surface area (Å²) in [6.45, 7) is 0. The van der Waals surface area contributed by atoms with Gasteiger partial charge in [0, 0.05) is 12.8 Å². The zero-order valence-corrected chi connectivity index (χ0v) is 6.86. The number of hydrogen-bond acceptors (Lipinski definition) is 1. The minimum atomic E-state index is 0.469. The summed E-state index contributed by atoms with van der Waals surface area (Å²) < 4.78 is 0. The maximum atomic E-state index is 11.2. The van der Waals surface area contributed by atoms with Crippen molar-refractivity contribution in [3.8, 4) is 0 Å². The van der Waals surface area contributed by atoms with Crippen molar-refractivity contribution >= 4 is 5.78 Å². The van der Waals surface area contributed by atoms with Crippen LogP contribution in [-0.2, 0) is 4.79 Å². The molecule has 60 valence electrons. The second-order valence-corrected chi connectivity index (χ2v) is 3.63. The van der Waals surface area contributed by atoms with Crippen molar-refractivity contribution < 1.29 is 4.79 Å². The van der Waals surface area contributed by atoms with Crippen LogP contribution in [0.1, 0.15) is 44.9 Å². The lowest BCUT2D eigenvalue weighted by atomic mass is 10.1. The summed E-state index contributed by atoms with van der Waals surface area (Å²) in [5, 5.41) is 0. The molecule has 0 amide bonds. The third kappa shape index (κ3) is 1.37. The van der Waals surface area contributed by atoms with Crippen LogP contribution in [0.2, 0.25) is 0 Å². The monoisotopic (exact) mass is 150 g/mol. The Morgan fingerprint density at radius 1 is 0.818 bits per heavy atom. The zero-order valence-electron chi connectivity index (χ0n) is 6.86. The third-order valence-electron chi connectivity index (χ3n) is 2.80. The molecule has 2 aliphatic carbocycles. The Bertz CT molecular complexity index is 213. The van der Waals surface area contributed by atoms with E-state index in [2.05, 4.69) is 0 Å². The number of carbonyl (C=O) groups excluding carboxylic acids is 1. The van der Waals surface area contributed by atoms with E-state index in [0.717, 1.165) is 19.3 Å². The van der Waals surface area contributed by atoms with Gasteiger partial charge in [0.05, 0.1) is 0 Å². The van der Waals surface area contributed by atoms with Crippen LogP contribution in [0.4, 0.5) is 0 Å². The first-order valence-electron chi connectivity index (χ1n) is 4.58. The lowest BCUT2D eigenvalue weighted by Gasteiger charge is -1.98. The molecule has 0 aromatic heterocycles. The topological polar surface area (TPSA) is 17.1 Å². The van der Waals surface area contributed by atoms with E-state index >= 15 is 0 Å². The SMILES string of the molecule is O=C1CCCC2=C(CCC2)C1. The molecule has 2 rings (SSSR count). The van der Waals surface area contributed by atoms with E-state index in [1.54, 1.807) is 5.57 Å². The molecule has 2 aliphatic rings. The first-order chi connectivity index (χ1) is 5.36. The molecule has 0 unspecified atom stereocenters. The Morgan fingerprint density at radius 2 is 1.45 bits per heavy atom. The predicted molar refractivity (Wildman–Crippen MR) is 44.4 cm³/mol. The quantitative estimate of drug-likeness (QED) is 0.485. The smallest absolute Gasteiger partial charge is 0.136 e. The van der Waals surface area contributed by atoms with E-state index in [0.29, 0.717) is 5.78 Å². The second-order valence-electron chi connectivity index (χ2n) is 3.63. The van der Waals surface area contributed by atoms with Gasteiger partial charge in [0.15, 0.2) is 0 Å². The fraction of sp³-hybridized carbons (Fsp3) is 0.700. The standard InChI is InChI=1S/C10H14O/c11-10-6-2-4-8-3-1-5-9(8)7-10/h1-7H2. The van der Waals surface area contributed by atoms with E-state index in [1.165, 1.54) is 31.3 Å². The van der Waals surface area contributed by atoms with Crippen LogP contribution in [0.3, 0.4) is 0 Å². The first kappa shape index (κ1) is 7.08. The van der Waals surface area contributed by atoms with Gasteiger partial charge in [-0.3, -0.25) is 4.79 Å². The molecule has 0 aromatic carbocycles. The molecule has 1 nitrogen and oxygen atoms in total. The number of carbonyl (C=O) groups is 1. The van der Waals surface area contributed by atoms with Gasteiger partial charge in [-0.1, -0.05) is 11.1 Å². The van der Waals surface area contributed by atoms with Crippen LogP contribution < -0.4 is 0 Å². The van der Waals surface area contributed by atoms with Gasteiger partial charge in [-0.2, -0.15) is 0 Å². The number of rotatable bonds is 0. The van der Waals surface area contributed by atoms with Crippen molar-refractivity contribution in [1.29, 1.82) is 0 Å². The van der Waals surface area contributed by atoms with E-state index in [1.807, 2.05) is 0 Å². The highest BCUT2D eigenvalue weighted by molar-refractivity contribution is 5.81. The van der Waals surface area contributed by atoms with Crippen molar-refractivity contribution in [2.45, 2.75) is 44.9 Å². The normalized spacial score (nSPS) is 25.3. The number of hydrogen-bond donors (Lipinski definition) is 0. The minimum absolute atomic E-state index is 0.469. The first-order valence-corrected chi connectivity index (χ1v) is 4.58. The molecule has 0 aliphatic heterocycles. The number of Topliss-reactive ketones (excluding diaryl/α,β-unsaturated/α-hetero) is 1. The van der Waals surface area contributed by atoms with Crippen LogP contribution >= 0.6 is 0 Å². The Kier molecular flexibility index (Phi) is 1.80. The molecule has 0 fully saturated rings. The maximum absolute atomic E-state index is 11.2. The summed E-state index contributed by atoms with van der Waals surface area (Å²) in [7, 11) is 0. The molecule has 0 saturated carbocycles. The second kappa shape index (κ2) is 2.80. The van der Waals surface area contributed by atoms with Crippen LogP contribution in [0.25, 0.3) is 0 Å². The molecule has 11 heavy (non-hydrogen) atoms. The van der Waals surface area contributed by atoms with Crippen molar-refractivity contribution in [3.05, 3.63) is 11.1 Å². The average Bonchev–Trinajstić information content (AvgIpc) is 2.31. The van der Waals surface area contributed by atoms with Gasteiger partial charge < -0.3 is 0 Å². The largest absolute Gasteiger partial charge is 0.299 e. The van der Waals surface area contributed by atoms with Crippen molar-refractivity contribution in [2.75, 3.05) is 0 Å². The molecule has 0 bridgehead atoms. The highest BCUT2D eigenvalue weighted by Crippen LogP contribution is 2.34. The molecule has 1 heteroatoms. The third-order valence-corrected chi connectivity index (χ3v) is 2.80. The van der Waals surface area contributed by atoms with Crippen LogP contribution in [-0.4, -0.2) is 5.78 Å². The van der Waals surface area contributed by atoms with Crippen molar-refractivity contribution in [3.63, 3.8) is 0 Å². The van der Waals surface area contributed by atoms with E-state index in [9.17, 15) is 4.79 Å². The molecule has 0 atom stereocenters. The number of ketones is 1. The molecule has 0 heterocycles. The van der Waals surface area contributed by atoms with Crippen LogP contribution in [0, 0.1) is 0 Å². The van der Waals surface area contributed by atoms with E-state index in [4.69, 9.17) is 0 Å². The molecule has 0 spiro atoms. The summed E-state index contributed by atoms with van der Waals surface area (Å²) in [5.41, 5.74) is 3.11. The molecule has 0 saturated heterocycles. The summed E-state index contributed by atoms with van der Waals surface area (Å²) >= 11 is 0. The minimum Gasteiger partial charge on any atom is -0.299 e. The fourth-order valence-electron chi connectivity index (χ4n) is 2.21. The molecule has 0 N–H and O–H groups in total. The van der Waals surface area contributed by atoms with Gasteiger partial charge in [-0.25, -0.2) is 0 Å². The maximum Gasteiger partial charge on any atom is 0.136 e. The fourth-order valence-corrected chi connectivity index (χ4v) is 2.21. The van der Waals surface area contributed by atoms with Gasteiger partial charge >= 0.3 is 0 Å². The van der Waals surface area contributed by atoms with Gasteiger partial charge in [-0.15, -0.1) is 0 Å². The Balaban J connectivity index is 2.17. The Morgan fingerprint density at radius 3 is 2.27 bits per heavy atom. The van der Waals surface area contributed by atoms with Gasteiger partial charge in [0.25, 0.3) is 0 Å². The van der Waals surface area contributed by atoms with E-state index in [-0.39, 0.29) is 0 Å². The predicted octanol–water partition coefficient (Wildman–Crippen LogP) is 2.61. The summed E-state index contributed by atoms with van der Waals surface area (Å²) in [6, 6.07) is 0. The zero-order chi connectivity index (χ0) is 7.68. The average molecular weight is 150 g/mol. The Labute approximate surface area is 67.5 Å². The lowest BCUT2D eigenvalue weighted by Crippen LogP contribution is -1.95. The van der Waals surface area contributed by atoms with Crippen molar-refractivity contribution in [1.82, 2.24) is 0 Å². The summed E-state index contributed by atoms with van der Waals surface area (Å²) in [4.78, 5) is 11.2. The lowest BCUT2D eigenvalue weighted by molar-refractivity contribution is -0.118.